The van der Waals surface area contributed by atoms with Crippen molar-refractivity contribution in [2.45, 2.75) is 32.2 Å². The summed E-state index contributed by atoms with van der Waals surface area (Å²) in [6, 6.07) is 17.5. The molecule has 4 nitrogen and oxygen atoms in total. The molecule has 0 aliphatic carbocycles. The first kappa shape index (κ1) is 21.0. The van der Waals surface area contributed by atoms with Gasteiger partial charge in [-0.3, -0.25) is 4.79 Å². The lowest BCUT2D eigenvalue weighted by atomic mass is 10.0. The number of amides is 1. The fourth-order valence-electron chi connectivity index (χ4n) is 2.37. The van der Waals surface area contributed by atoms with E-state index in [0.717, 1.165) is 24.2 Å². The van der Waals surface area contributed by atoms with Gasteiger partial charge in [-0.25, -0.2) is 0 Å². The first-order valence-electron chi connectivity index (χ1n) is 8.42. The van der Waals surface area contributed by atoms with Crippen LogP contribution in [0, 0.1) is 6.92 Å². The lowest BCUT2D eigenvalue weighted by molar-refractivity contribution is -0.121. The van der Waals surface area contributed by atoms with Crippen LogP contribution < -0.4 is 15.8 Å². The second kappa shape index (κ2) is 11.5. The molecule has 25 heavy (non-hydrogen) atoms. The Labute approximate surface area is 156 Å². The molecule has 1 unspecified atom stereocenters. The maximum Gasteiger partial charge on any atom is 0.221 e. The van der Waals surface area contributed by atoms with Crippen molar-refractivity contribution >= 4 is 18.3 Å². The lowest BCUT2D eigenvalue weighted by Crippen LogP contribution is -2.28. The van der Waals surface area contributed by atoms with Crippen LogP contribution in [0.3, 0.4) is 0 Å². The molecule has 1 amide bonds. The number of benzene rings is 2. The number of nitrogens with one attached hydrogen (secondary N) is 1. The summed E-state index contributed by atoms with van der Waals surface area (Å²) in [6.07, 6.45) is 2.10. The van der Waals surface area contributed by atoms with Crippen molar-refractivity contribution in [3.8, 4) is 5.75 Å². The molecule has 2 aromatic rings. The number of ether oxygens (including phenoxy) is 1. The minimum absolute atomic E-state index is 0. The van der Waals surface area contributed by atoms with Crippen LogP contribution in [0.1, 0.15) is 36.4 Å². The number of carbonyl (C=O) groups is 1. The number of carbonyl (C=O) groups excluding carboxylic acids is 1. The van der Waals surface area contributed by atoms with Gasteiger partial charge in [-0.1, -0.05) is 48.0 Å². The van der Waals surface area contributed by atoms with Crippen LogP contribution >= 0.6 is 12.4 Å². The van der Waals surface area contributed by atoms with E-state index in [1.54, 1.807) is 0 Å². The number of halogens is 1. The van der Waals surface area contributed by atoms with Gasteiger partial charge in [0.05, 0.1) is 6.61 Å². The molecule has 3 N–H and O–H groups in total. The van der Waals surface area contributed by atoms with Gasteiger partial charge in [-0.2, -0.15) is 0 Å². The smallest absolute Gasteiger partial charge is 0.221 e. The fourth-order valence-corrected chi connectivity index (χ4v) is 2.37. The van der Waals surface area contributed by atoms with Gasteiger partial charge >= 0.3 is 0 Å². The second-order valence-electron chi connectivity index (χ2n) is 5.94. The minimum atomic E-state index is -0.254. The molecule has 0 aromatic heterocycles. The zero-order valence-electron chi connectivity index (χ0n) is 14.6. The van der Waals surface area contributed by atoms with E-state index in [0.29, 0.717) is 19.6 Å². The van der Waals surface area contributed by atoms with Gasteiger partial charge in [0.2, 0.25) is 5.91 Å². The van der Waals surface area contributed by atoms with Gasteiger partial charge in [0, 0.05) is 19.0 Å². The number of hydrogen-bond donors (Lipinski definition) is 2. The first-order valence-corrected chi connectivity index (χ1v) is 8.42. The number of hydrogen-bond acceptors (Lipinski definition) is 3. The fraction of sp³-hybridized carbons (Fsp3) is 0.350. The molecule has 0 heterocycles. The van der Waals surface area contributed by atoms with Gasteiger partial charge in [0.25, 0.3) is 0 Å². The van der Waals surface area contributed by atoms with Crippen molar-refractivity contribution in [3.63, 3.8) is 0 Å². The van der Waals surface area contributed by atoms with Gasteiger partial charge in [0.1, 0.15) is 5.75 Å². The molecule has 1 atom stereocenters. The Hall–Kier alpha value is -2.04. The highest BCUT2D eigenvalue weighted by atomic mass is 35.5. The Morgan fingerprint density at radius 1 is 1.08 bits per heavy atom. The van der Waals surface area contributed by atoms with Crippen molar-refractivity contribution in [1.29, 1.82) is 0 Å². The summed E-state index contributed by atoms with van der Waals surface area (Å²) >= 11 is 0. The third kappa shape index (κ3) is 8.05. The number of unbranched alkanes of at least 4 members (excludes halogenated alkanes) is 1. The topological polar surface area (TPSA) is 64.3 Å². The van der Waals surface area contributed by atoms with Crippen molar-refractivity contribution in [2.24, 2.45) is 5.73 Å². The first-order chi connectivity index (χ1) is 11.6. The molecule has 0 spiro atoms. The predicted molar refractivity (Wildman–Crippen MR) is 104 cm³/mol. The highest BCUT2D eigenvalue weighted by Gasteiger charge is 2.10. The molecular weight excluding hydrogens is 336 g/mol. The summed E-state index contributed by atoms with van der Waals surface area (Å²) in [5.41, 5.74) is 8.25. The van der Waals surface area contributed by atoms with Gasteiger partial charge in [-0.05, 0) is 37.5 Å². The Morgan fingerprint density at radius 3 is 2.44 bits per heavy atom. The summed E-state index contributed by atoms with van der Waals surface area (Å²) < 4.78 is 5.66. The Bertz CT molecular complexity index is 617. The van der Waals surface area contributed by atoms with Crippen molar-refractivity contribution in [3.05, 3.63) is 65.7 Å². The van der Waals surface area contributed by atoms with E-state index in [2.05, 4.69) is 12.2 Å². The molecule has 0 aliphatic heterocycles. The molecule has 0 saturated carbocycles. The molecule has 0 fully saturated rings. The van der Waals surface area contributed by atoms with Crippen LogP contribution in [-0.2, 0) is 4.79 Å². The van der Waals surface area contributed by atoms with Crippen LogP contribution in [0.4, 0.5) is 0 Å². The molecule has 0 saturated heterocycles. The van der Waals surface area contributed by atoms with Crippen LogP contribution in [-0.4, -0.2) is 19.1 Å². The monoisotopic (exact) mass is 362 g/mol. The van der Waals surface area contributed by atoms with E-state index in [9.17, 15) is 4.79 Å². The number of rotatable bonds is 9. The minimum Gasteiger partial charge on any atom is -0.494 e. The molecular formula is C20H27ClN2O2. The third-order valence-corrected chi connectivity index (χ3v) is 3.82. The molecule has 0 radical (unpaired) electrons. The standard InChI is InChI=1S/C20H26N2O2.ClH/c1-16-9-11-18(12-10-16)24-14-6-5-13-22-20(23)15-19(21)17-7-3-2-4-8-17;/h2-4,7-12,19H,5-6,13-15,21H2,1H3,(H,22,23);1H. The van der Waals surface area contributed by atoms with Gasteiger partial charge in [-0.15, -0.1) is 12.4 Å². The van der Waals surface area contributed by atoms with Crippen LogP contribution in [0.25, 0.3) is 0 Å². The van der Waals surface area contributed by atoms with Crippen molar-refractivity contribution < 1.29 is 9.53 Å². The van der Waals surface area contributed by atoms with Crippen LogP contribution in [0.5, 0.6) is 5.75 Å². The Balaban J connectivity index is 0.00000312. The molecule has 2 aromatic carbocycles. The average molecular weight is 363 g/mol. The van der Waals surface area contributed by atoms with Crippen molar-refractivity contribution in [1.82, 2.24) is 5.32 Å². The molecule has 0 aliphatic rings. The van der Waals surface area contributed by atoms with E-state index >= 15 is 0 Å². The summed E-state index contributed by atoms with van der Waals surface area (Å²) in [4.78, 5) is 11.9. The quantitative estimate of drug-likeness (QED) is 0.667. The second-order valence-corrected chi connectivity index (χ2v) is 5.94. The summed E-state index contributed by atoms with van der Waals surface area (Å²) in [7, 11) is 0. The zero-order chi connectivity index (χ0) is 17.2. The molecule has 136 valence electrons. The Kier molecular flexibility index (Phi) is 9.66. The largest absolute Gasteiger partial charge is 0.494 e. The Morgan fingerprint density at radius 2 is 1.76 bits per heavy atom. The SMILES string of the molecule is Cc1ccc(OCCCCNC(=O)CC(N)c2ccccc2)cc1.Cl. The van der Waals surface area contributed by atoms with Gasteiger partial charge < -0.3 is 15.8 Å². The zero-order valence-corrected chi connectivity index (χ0v) is 15.4. The highest BCUT2D eigenvalue weighted by Crippen LogP contribution is 2.13. The van der Waals surface area contributed by atoms with E-state index in [-0.39, 0.29) is 24.4 Å². The van der Waals surface area contributed by atoms with E-state index < -0.39 is 0 Å². The van der Waals surface area contributed by atoms with E-state index in [1.807, 2.05) is 54.6 Å². The van der Waals surface area contributed by atoms with Crippen molar-refractivity contribution in [2.75, 3.05) is 13.2 Å². The number of aryl methyl sites for hydroxylation is 1. The van der Waals surface area contributed by atoms with E-state index in [4.69, 9.17) is 10.5 Å². The maximum absolute atomic E-state index is 11.9. The summed E-state index contributed by atoms with van der Waals surface area (Å²) in [5.74, 6) is 0.879. The average Bonchev–Trinajstić information content (AvgIpc) is 2.60. The number of nitrogens with two attached hydrogens (primary N) is 1. The molecule has 2 rings (SSSR count). The highest BCUT2D eigenvalue weighted by molar-refractivity contribution is 5.85. The molecule has 0 bridgehead atoms. The normalized spacial score (nSPS) is 11.3. The third-order valence-electron chi connectivity index (χ3n) is 3.82. The molecule has 5 heteroatoms. The lowest BCUT2D eigenvalue weighted by Gasteiger charge is -2.12. The maximum atomic E-state index is 11.9. The predicted octanol–water partition coefficient (Wildman–Crippen LogP) is 3.78. The van der Waals surface area contributed by atoms with E-state index in [1.165, 1.54) is 5.56 Å². The van der Waals surface area contributed by atoms with Crippen LogP contribution in [0.2, 0.25) is 0 Å². The van der Waals surface area contributed by atoms with Gasteiger partial charge in [0.15, 0.2) is 0 Å². The van der Waals surface area contributed by atoms with Crippen LogP contribution in [0.15, 0.2) is 54.6 Å². The summed E-state index contributed by atoms with van der Waals surface area (Å²) in [6.45, 7) is 3.36. The summed E-state index contributed by atoms with van der Waals surface area (Å²) in [5, 5.41) is 2.91.